The van der Waals surface area contributed by atoms with Crippen LogP contribution in [0.1, 0.15) is 23.2 Å². The van der Waals surface area contributed by atoms with Crippen LogP contribution in [0.2, 0.25) is 0 Å². The lowest BCUT2D eigenvalue weighted by Crippen LogP contribution is -2.35. The molecule has 7 heteroatoms. The molecule has 2 aromatic carbocycles. The predicted molar refractivity (Wildman–Crippen MR) is 123 cm³/mol. The number of imidazole rings is 1. The maximum atomic E-state index is 12.8. The second-order valence-corrected chi connectivity index (χ2v) is 7.71. The number of hydrogen-bond acceptors (Lipinski definition) is 5. The third kappa shape index (κ3) is 4.27. The lowest BCUT2D eigenvalue weighted by atomic mass is 10.1. The molecule has 4 aromatic rings. The van der Waals surface area contributed by atoms with Crippen LogP contribution in [0.15, 0.2) is 66.9 Å². The number of aromatic amines is 1. The summed E-state index contributed by atoms with van der Waals surface area (Å²) in [6, 6.07) is 19.8. The number of carbonyl (C=O) groups excluding carboxylic acids is 1. The minimum atomic E-state index is -0.210. The minimum Gasteiger partial charge on any atom is -0.382 e. The van der Waals surface area contributed by atoms with Crippen LogP contribution in [0.4, 0.5) is 11.4 Å². The van der Waals surface area contributed by atoms with E-state index in [-0.39, 0.29) is 5.91 Å². The summed E-state index contributed by atoms with van der Waals surface area (Å²) in [4.78, 5) is 25.1. The molecule has 3 heterocycles. The summed E-state index contributed by atoms with van der Waals surface area (Å²) < 4.78 is 0. The molecule has 5 rings (SSSR count). The summed E-state index contributed by atoms with van der Waals surface area (Å²) in [5, 5.41) is 9.89. The second-order valence-electron chi connectivity index (χ2n) is 7.71. The summed E-state index contributed by atoms with van der Waals surface area (Å²) in [5.41, 5.74) is 4.43. The van der Waals surface area contributed by atoms with Gasteiger partial charge in [-0.3, -0.25) is 4.79 Å². The number of carbonyl (C=O) groups is 1. The second kappa shape index (κ2) is 8.57. The monoisotopic (exact) mass is 412 g/mol. The molecule has 1 saturated heterocycles. The number of piperidine rings is 1. The number of aromatic nitrogens is 3. The number of H-pyrrole nitrogens is 1. The van der Waals surface area contributed by atoms with E-state index in [2.05, 4.69) is 43.0 Å². The van der Waals surface area contributed by atoms with Crippen molar-refractivity contribution in [2.45, 2.75) is 18.9 Å². The van der Waals surface area contributed by atoms with Gasteiger partial charge in [-0.1, -0.05) is 18.2 Å². The predicted octanol–water partition coefficient (Wildman–Crippen LogP) is 4.04. The third-order valence-corrected chi connectivity index (χ3v) is 5.53. The molecule has 4 N–H and O–H groups in total. The number of nitrogens with zero attached hydrogens (tertiary/aromatic N) is 2. The number of amides is 1. The Morgan fingerprint density at radius 1 is 0.935 bits per heavy atom. The van der Waals surface area contributed by atoms with E-state index in [1.807, 2.05) is 42.5 Å². The van der Waals surface area contributed by atoms with Crippen LogP contribution in [-0.2, 0) is 0 Å². The Morgan fingerprint density at radius 2 is 1.71 bits per heavy atom. The van der Waals surface area contributed by atoms with E-state index in [0.29, 0.717) is 28.6 Å². The van der Waals surface area contributed by atoms with E-state index in [9.17, 15) is 4.79 Å². The van der Waals surface area contributed by atoms with Crippen LogP contribution in [0, 0.1) is 0 Å². The average molecular weight is 412 g/mol. The van der Waals surface area contributed by atoms with Crippen LogP contribution >= 0.6 is 0 Å². The maximum Gasteiger partial charge on any atom is 0.258 e. The smallest absolute Gasteiger partial charge is 0.258 e. The van der Waals surface area contributed by atoms with Crippen LogP contribution in [0.5, 0.6) is 0 Å². The lowest BCUT2D eigenvalue weighted by molar-refractivity contribution is 0.102. The SMILES string of the molecule is O=C(Nc1ccccc1)c1ccnc2[nH]c(-c3ccc(NC4CCNCC4)cc3)nc12. The van der Waals surface area contributed by atoms with Crippen LogP contribution in [-0.4, -0.2) is 40.0 Å². The van der Waals surface area contributed by atoms with Gasteiger partial charge in [-0.15, -0.1) is 0 Å². The van der Waals surface area contributed by atoms with E-state index >= 15 is 0 Å². The molecule has 1 amide bonds. The van der Waals surface area contributed by atoms with Gasteiger partial charge in [0.1, 0.15) is 11.3 Å². The molecule has 0 spiro atoms. The standard InChI is InChI=1S/C24H24N6O/c31-24(28-17-4-2-1-3-5-17)20-12-15-26-23-21(20)29-22(30-23)16-6-8-18(9-7-16)27-19-10-13-25-14-11-19/h1-9,12,15,19,25,27H,10-11,13-14H2,(H,28,31)(H,26,29,30). The molecule has 0 bridgehead atoms. The normalized spacial score (nSPS) is 14.5. The lowest BCUT2D eigenvalue weighted by Gasteiger charge is -2.24. The van der Waals surface area contributed by atoms with Gasteiger partial charge in [-0.05, 0) is 68.4 Å². The summed E-state index contributed by atoms with van der Waals surface area (Å²) in [6.07, 6.45) is 3.88. The van der Waals surface area contributed by atoms with Gasteiger partial charge in [-0.2, -0.15) is 0 Å². The van der Waals surface area contributed by atoms with Crippen molar-refractivity contribution in [2.75, 3.05) is 23.7 Å². The van der Waals surface area contributed by atoms with Crippen molar-refractivity contribution in [3.8, 4) is 11.4 Å². The Morgan fingerprint density at radius 3 is 2.48 bits per heavy atom. The Labute approximate surface area is 180 Å². The number of benzene rings is 2. The Bertz CT molecular complexity index is 1180. The number of hydrogen-bond donors (Lipinski definition) is 4. The maximum absolute atomic E-state index is 12.8. The van der Waals surface area contributed by atoms with Crippen LogP contribution < -0.4 is 16.0 Å². The van der Waals surface area contributed by atoms with E-state index in [0.717, 1.165) is 42.9 Å². The molecule has 0 atom stereocenters. The van der Waals surface area contributed by atoms with E-state index in [4.69, 9.17) is 0 Å². The van der Waals surface area contributed by atoms with Gasteiger partial charge in [0, 0.05) is 29.2 Å². The quantitative estimate of drug-likeness (QED) is 0.397. The molecule has 0 unspecified atom stereocenters. The van der Waals surface area contributed by atoms with Gasteiger partial charge in [-0.25, -0.2) is 9.97 Å². The van der Waals surface area contributed by atoms with Crippen LogP contribution in [0.3, 0.4) is 0 Å². The molecule has 1 fully saturated rings. The average Bonchev–Trinajstić information content (AvgIpc) is 3.25. The molecular weight excluding hydrogens is 388 g/mol. The molecule has 0 aliphatic carbocycles. The first-order chi connectivity index (χ1) is 15.3. The fraction of sp³-hybridized carbons (Fsp3) is 0.208. The fourth-order valence-corrected chi connectivity index (χ4v) is 3.88. The number of anilines is 2. The van der Waals surface area contributed by atoms with Crippen LogP contribution in [0.25, 0.3) is 22.6 Å². The molecule has 7 nitrogen and oxygen atoms in total. The molecule has 0 radical (unpaired) electrons. The van der Waals surface area contributed by atoms with Gasteiger partial charge >= 0.3 is 0 Å². The molecule has 2 aromatic heterocycles. The minimum absolute atomic E-state index is 0.210. The molecular formula is C24H24N6O. The molecule has 1 aliphatic heterocycles. The van der Waals surface area contributed by atoms with Gasteiger partial charge in [0.2, 0.25) is 0 Å². The highest BCUT2D eigenvalue weighted by molar-refractivity contribution is 6.11. The van der Waals surface area contributed by atoms with Gasteiger partial charge < -0.3 is 20.9 Å². The highest BCUT2D eigenvalue weighted by Crippen LogP contribution is 2.24. The van der Waals surface area contributed by atoms with Crippen molar-refractivity contribution in [3.63, 3.8) is 0 Å². The Hall–Kier alpha value is -3.71. The Kier molecular flexibility index (Phi) is 5.33. The number of rotatable bonds is 5. The zero-order valence-electron chi connectivity index (χ0n) is 17.1. The highest BCUT2D eigenvalue weighted by atomic mass is 16.1. The van der Waals surface area contributed by atoms with E-state index in [1.165, 1.54) is 0 Å². The highest BCUT2D eigenvalue weighted by Gasteiger charge is 2.16. The number of para-hydroxylation sites is 1. The Balaban J connectivity index is 1.37. The first-order valence-corrected chi connectivity index (χ1v) is 10.5. The van der Waals surface area contributed by atoms with Crippen molar-refractivity contribution >= 4 is 28.4 Å². The first kappa shape index (κ1) is 19.3. The van der Waals surface area contributed by atoms with Crippen molar-refractivity contribution < 1.29 is 4.79 Å². The summed E-state index contributed by atoms with van der Waals surface area (Å²) in [5.74, 6) is 0.481. The molecule has 1 aliphatic rings. The zero-order chi connectivity index (χ0) is 21.0. The summed E-state index contributed by atoms with van der Waals surface area (Å²) in [7, 11) is 0. The third-order valence-electron chi connectivity index (χ3n) is 5.53. The summed E-state index contributed by atoms with van der Waals surface area (Å²) in [6.45, 7) is 2.11. The van der Waals surface area contributed by atoms with Gasteiger partial charge in [0.25, 0.3) is 5.91 Å². The fourth-order valence-electron chi connectivity index (χ4n) is 3.88. The number of fused-ring (bicyclic) bond motifs is 1. The van der Waals surface area contributed by atoms with E-state index in [1.54, 1.807) is 12.3 Å². The topological polar surface area (TPSA) is 94.7 Å². The van der Waals surface area contributed by atoms with E-state index < -0.39 is 0 Å². The zero-order valence-corrected chi connectivity index (χ0v) is 17.1. The molecule has 156 valence electrons. The number of pyridine rings is 1. The molecule has 0 saturated carbocycles. The summed E-state index contributed by atoms with van der Waals surface area (Å²) >= 11 is 0. The van der Waals surface area contributed by atoms with Gasteiger partial charge in [0.15, 0.2) is 5.65 Å². The largest absolute Gasteiger partial charge is 0.382 e. The van der Waals surface area contributed by atoms with Crippen molar-refractivity contribution in [1.82, 2.24) is 20.3 Å². The molecule has 31 heavy (non-hydrogen) atoms. The van der Waals surface area contributed by atoms with Gasteiger partial charge in [0.05, 0.1) is 5.56 Å². The van der Waals surface area contributed by atoms with Crippen molar-refractivity contribution in [1.29, 1.82) is 0 Å². The number of nitrogens with one attached hydrogen (secondary N) is 4. The first-order valence-electron chi connectivity index (χ1n) is 10.5. The van der Waals surface area contributed by atoms with Crippen molar-refractivity contribution in [2.24, 2.45) is 0 Å². The van der Waals surface area contributed by atoms with Crippen molar-refractivity contribution in [3.05, 3.63) is 72.4 Å².